The van der Waals surface area contributed by atoms with Gasteiger partial charge in [0, 0.05) is 12.5 Å². The first-order valence-electron chi connectivity index (χ1n) is 6.34. The van der Waals surface area contributed by atoms with Gasteiger partial charge in [-0.1, -0.05) is 19.1 Å². The predicted octanol–water partition coefficient (Wildman–Crippen LogP) is 1.18. The SMILES string of the molecule is C#CCC(CC)NC(=O)[C@H](N)Cc1ccc(O)cc1. The Morgan fingerprint density at radius 3 is 2.63 bits per heavy atom. The topological polar surface area (TPSA) is 75.4 Å². The summed E-state index contributed by atoms with van der Waals surface area (Å²) in [7, 11) is 0. The zero-order valence-electron chi connectivity index (χ0n) is 11.1. The fourth-order valence-corrected chi connectivity index (χ4v) is 1.73. The molecule has 0 aliphatic rings. The van der Waals surface area contributed by atoms with Gasteiger partial charge in [0.1, 0.15) is 5.75 Å². The van der Waals surface area contributed by atoms with Crippen molar-refractivity contribution < 1.29 is 9.90 Å². The molecule has 1 unspecified atom stereocenters. The predicted molar refractivity (Wildman–Crippen MR) is 75.5 cm³/mol. The van der Waals surface area contributed by atoms with Crippen LogP contribution in [0.1, 0.15) is 25.3 Å². The second kappa shape index (κ2) is 7.45. The summed E-state index contributed by atoms with van der Waals surface area (Å²) in [5, 5.41) is 12.0. The van der Waals surface area contributed by atoms with Crippen LogP contribution in [0.15, 0.2) is 24.3 Å². The van der Waals surface area contributed by atoms with E-state index in [1.165, 1.54) is 0 Å². The van der Waals surface area contributed by atoms with Crippen molar-refractivity contribution in [3.8, 4) is 18.1 Å². The van der Waals surface area contributed by atoms with Crippen LogP contribution in [-0.4, -0.2) is 23.1 Å². The van der Waals surface area contributed by atoms with Gasteiger partial charge < -0.3 is 16.2 Å². The number of rotatable bonds is 6. The van der Waals surface area contributed by atoms with Crippen molar-refractivity contribution >= 4 is 5.91 Å². The minimum atomic E-state index is -0.614. The van der Waals surface area contributed by atoms with Crippen LogP contribution in [0.3, 0.4) is 0 Å². The molecule has 4 N–H and O–H groups in total. The normalized spacial score (nSPS) is 13.3. The molecule has 102 valence electrons. The quantitative estimate of drug-likeness (QED) is 0.672. The van der Waals surface area contributed by atoms with Crippen LogP contribution in [0.2, 0.25) is 0 Å². The maximum atomic E-state index is 11.9. The van der Waals surface area contributed by atoms with Crippen LogP contribution in [0, 0.1) is 12.3 Å². The highest BCUT2D eigenvalue weighted by molar-refractivity contribution is 5.82. The van der Waals surface area contributed by atoms with Crippen molar-refractivity contribution in [3.05, 3.63) is 29.8 Å². The molecule has 4 heteroatoms. The summed E-state index contributed by atoms with van der Waals surface area (Å²) in [4.78, 5) is 11.9. The molecule has 1 amide bonds. The number of phenols is 1. The lowest BCUT2D eigenvalue weighted by Gasteiger charge is -2.18. The molecule has 1 rings (SSSR count). The molecule has 0 radical (unpaired) electrons. The fraction of sp³-hybridized carbons (Fsp3) is 0.400. The van der Waals surface area contributed by atoms with Gasteiger partial charge in [0.15, 0.2) is 0 Å². The van der Waals surface area contributed by atoms with E-state index in [-0.39, 0.29) is 17.7 Å². The summed E-state index contributed by atoms with van der Waals surface area (Å²) in [6.45, 7) is 1.97. The molecule has 0 heterocycles. The lowest BCUT2D eigenvalue weighted by Crippen LogP contribution is -2.46. The zero-order valence-corrected chi connectivity index (χ0v) is 11.1. The molecule has 0 saturated heterocycles. The molecule has 0 bridgehead atoms. The summed E-state index contributed by atoms with van der Waals surface area (Å²) >= 11 is 0. The zero-order chi connectivity index (χ0) is 14.3. The molecule has 0 aliphatic heterocycles. The second-order valence-electron chi connectivity index (χ2n) is 4.50. The van der Waals surface area contributed by atoms with Gasteiger partial charge in [-0.3, -0.25) is 4.79 Å². The number of carbonyl (C=O) groups excluding carboxylic acids is 1. The first-order valence-corrected chi connectivity index (χ1v) is 6.34. The van der Waals surface area contributed by atoms with Crippen molar-refractivity contribution in [2.45, 2.75) is 38.3 Å². The molecular formula is C15H20N2O2. The first-order chi connectivity index (χ1) is 9.06. The second-order valence-corrected chi connectivity index (χ2v) is 4.50. The van der Waals surface area contributed by atoms with Crippen molar-refractivity contribution in [2.75, 3.05) is 0 Å². The Bertz CT molecular complexity index is 448. The van der Waals surface area contributed by atoms with Crippen LogP contribution in [0.25, 0.3) is 0 Å². The van der Waals surface area contributed by atoms with Gasteiger partial charge in [0.25, 0.3) is 0 Å². The molecule has 1 aromatic rings. The maximum Gasteiger partial charge on any atom is 0.237 e. The smallest absolute Gasteiger partial charge is 0.237 e. The van der Waals surface area contributed by atoms with Crippen molar-refractivity contribution in [1.82, 2.24) is 5.32 Å². The molecule has 19 heavy (non-hydrogen) atoms. The number of nitrogens with two attached hydrogens (primary N) is 1. The number of terminal acetylenes is 1. The van der Waals surface area contributed by atoms with E-state index in [2.05, 4.69) is 11.2 Å². The van der Waals surface area contributed by atoms with E-state index in [0.29, 0.717) is 12.8 Å². The average molecular weight is 260 g/mol. The number of hydrogen-bond acceptors (Lipinski definition) is 3. The fourth-order valence-electron chi connectivity index (χ4n) is 1.73. The summed E-state index contributed by atoms with van der Waals surface area (Å²) in [6.07, 6.45) is 6.96. The number of amides is 1. The standard InChI is InChI=1S/C15H20N2O2/c1-3-5-12(4-2)17-15(19)14(16)10-11-6-8-13(18)9-7-11/h1,6-9,12,14,18H,4-5,10,16H2,2H3,(H,17,19)/t12?,14-/m1/s1. The van der Waals surface area contributed by atoms with E-state index >= 15 is 0 Å². The number of aromatic hydroxyl groups is 1. The van der Waals surface area contributed by atoms with Crippen molar-refractivity contribution in [1.29, 1.82) is 0 Å². The molecule has 4 nitrogen and oxygen atoms in total. The minimum absolute atomic E-state index is 0.0247. The Balaban J connectivity index is 2.53. The van der Waals surface area contributed by atoms with Gasteiger partial charge in [-0.25, -0.2) is 0 Å². The van der Waals surface area contributed by atoms with Gasteiger partial charge in [-0.15, -0.1) is 12.3 Å². The average Bonchev–Trinajstić information content (AvgIpc) is 2.40. The molecule has 0 aromatic heterocycles. The first kappa shape index (κ1) is 15.1. The van der Waals surface area contributed by atoms with E-state index in [4.69, 9.17) is 12.2 Å². The Labute approximate surface area is 114 Å². The highest BCUT2D eigenvalue weighted by Gasteiger charge is 2.17. The van der Waals surface area contributed by atoms with Crippen LogP contribution < -0.4 is 11.1 Å². The third kappa shape index (κ3) is 5.02. The number of carbonyl (C=O) groups is 1. The van der Waals surface area contributed by atoms with Crippen molar-refractivity contribution in [3.63, 3.8) is 0 Å². The van der Waals surface area contributed by atoms with E-state index in [1.54, 1.807) is 24.3 Å². The molecule has 0 spiro atoms. The van der Waals surface area contributed by atoms with Gasteiger partial charge in [0.2, 0.25) is 5.91 Å². The molecule has 1 aromatic carbocycles. The molecule has 2 atom stereocenters. The van der Waals surface area contributed by atoms with E-state index < -0.39 is 6.04 Å². The van der Waals surface area contributed by atoms with E-state index in [9.17, 15) is 9.90 Å². The lowest BCUT2D eigenvalue weighted by atomic mass is 10.0. The third-order valence-corrected chi connectivity index (χ3v) is 2.93. The summed E-state index contributed by atoms with van der Waals surface area (Å²) in [5.74, 6) is 2.53. The van der Waals surface area contributed by atoms with Crippen LogP contribution >= 0.6 is 0 Å². The largest absolute Gasteiger partial charge is 0.508 e. The monoisotopic (exact) mass is 260 g/mol. The number of benzene rings is 1. The van der Waals surface area contributed by atoms with Crippen LogP contribution in [-0.2, 0) is 11.2 Å². The number of phenolic OH excluding ortho intramolecular Hbond substituents is 1. The Morgan fingerprint density at radius 1 is 1.47 bits per heavy atom. The highest BCUT2D eigenvalue weighted by Crippen LogP contribution is 2.11. The third-order valence-electron chi connectivity index (χ3n) is 2.93. The minimum Gasteiger partial charge on any atom is -0.508 e. The molecule has 0 saturated carbocycles. The Hall–Kier alpha value is -1.99. The molecule has 0 aliphatic carbocycles. The highest BCUT2D eigenvalue weighted by atomic mass is 16.3. The molecule has 0 fully saturated rings. The van der Waals surface area contributed by atoms with Gasteiger partial charge in [-0.05, 0) is 30.5 Å². The summed E-state index contributed by atoms with van der Waals surface area (Å²) < 4.78 is 0. The van der Waals surface area contributed by atoms with E-state index in [0.717, 1.165) is 12.0 Å². The number of hydrogen-bond donors (Lipinski definition) is 3. The van der Waals surface area contributed by atoms with Crippen molar-refractivity contribution in [2.24, 2.45) is 5.73 Å². The number of nitrogens with one attached hydrogen (secondary N) is 1. The lowest BCUT2D eigenvalue weighted by molar-refractivity contribution is -0.123. The van der Waals surface area contributed by atoms with Crippen LogP contribution in [0.4, 0.5) is 0 Å². The van der Waals surface area contributed by atoms with E-state index in [1.807, 2.05) is 6.92 Å². The van der Waals surface area contributed by atoms with Gasteiger partial charge in [0.05, 0.1) is 6.04 Å². The van der Waals surface area contributed by atoms with Gasteiger partial charge >= 0.3 is 0 Å². The Kier molecular flexibility index (Phi) is 5.91. The van der Waals surface area contributed by atoms with Crippen LogP contribution in [0.5, 0.6) is 5.75 Å². The molecular weight excluding hydrogens is 240 g/mol. The maximum absolute atomic E-state index is 11.9. The summed E-state index contributed by atoms with van der Waals surface area (Å²) in [6, 6.07) is 6.02. The Morgan fingerprint density at radius 2 is 2.11 bits per heavy atom. The van der Waals surface area contributed by atoms with Gasteiger partial charge in [-0.2, -0.15) is 0 Å². The summed E-state index contributed by atoms with van der Waals surface area (Å²) in [5.41, 5.74) is 6.77.